The van der Waals surface area contributed by atoms with E-state index in [9.17, 15) is 17.6 Å². The highest BCUT2D eigenvalue weighted by molar-refractivity contribution is 7.91. The third-order valence-electron chi connectivity index (χ3n) is 7.55. The average Bonchev–Trinajstić information content (AvgIpc) is 3.45. The van der Waals surface area contributed by atoms with Crippen molar-refractivity contribution in [3.05, 3.63) is 59.7 Å². The molecule has 2 aromatic heterocycles. The molecule has 0 saturated carbocycles. The minimum absolute atomic E-state index is 0.0533. The average molecular weight is 540 g/mol. The van der Waals surface area contributed by atoms with Gasteiger partial charge in [0, 0.05) is 52.5 Å². The highest BCUT2D eigenvalue weighted by Crippen LogP contribution is 2.40. The van der Waals surface area contributed by atoms with Crippen LogP contribution in [0.5, 0.6) is 0 Å². The molecule has 1 aliphatic heterocycles. The highest BCUT2D eigenvalue weighted by atomic mass is 32.2. The van der Waals surface area contributed by atoms with E-state index in [2.05, 4.69) is 21.8 Å². The van der Waals surface area contributed by atoms with E-state index in [0.29, 0.717) is 26.2 Å². The lowest BCUT2D eigenvalue weighted by atomic mass is 9.91. The van der Waals surface area contributed by atoms with Crippen LogP contribution >= 0.6 is 0 Å². The zero-order valence-corrected chi connectivity index (χ0v) is 22.9. The fourth-order valence-electron chi connectivity index (χ4n) is 5.43. The molecule has 3 heterocycles. The smallest absolute Gasteiger partial charge is 0.150 e. The van der Waals surface area contributed by atoms with Crippen molar-refractivity contribution in [2.75, 3.05) is 24.7 Å². The summed E-state index contributed by atoms with van der Waals surface area (Å²) < 4.78 is 48.8. The molecule has 1 saturated heterocycles. The number of rotatable bonds is 9. The van der Waals surface area contributed by atoms with Crippen molar-refractivity contribution in [1.82, 2.24) is 14.3 Å². The molecule has 0 aliphatic carbocycles. The van der Waals surface area contributed by atoms with Gasteiger partial charge in [-0.2, -0.15) is 5.10 Å². The molecule has 1 aliphatic rings. The quantitative estimate of drug-likeness (QED) is 0.273. The number of nitrogens with zero attached hydrogens (tertiary/aromatic N) is 3. The number of aryl methyl sites for hydroxylation is 1. The molecule has 0 radical (unpaired) electrons. The summed E-state index contributed by atoms with van der Waals surface area (Å²) in [4.78, 5) is 11.6. The van der Waals surface area contributed by atoms with Gasteiger partial charge in [0.1, 0.15) is 21.9 Å². The summed E-state index contributed by atoms with van der Waals surface area (Å²) in [6, 6.07) is 10.6. The summed E-state index contributed by atoms with van der Waals surface area (Å²) in [5, 5.41) is 6.45. The normalized spacial score (nSPS) is 15.5. The molecular formula is C29H34FN3O4S. The predicted octanol–water partition coefficient (Wildman–Crippen LogP) is 5.22. The molecule has 0 unspecified atom stereocenters. The number of halogens is 1. The Balaban J connectivity index is 1.80. The third-order valence-corrected chi connectivity index (χ3v) is 9.25. The first kappa shape index (κ1) is 26.6. The largest absolute Gasteiger partial charge is 0.381 e. The van der Waals surface area contributed by atoms with Crippen molar-refractivity contribution in [2.24, 2.45) is 5.41 Å². The Morgan fingerprint density at radius 3 is 2.50 bits per heavy atom. The van der Waals surface area contributed by atoms with Crippen LogP contribution < -0.4 is 0 Å². The molecule has 0 atom stereocenters. The van der Waals surface area contributed by atoms with E-state index in [1.165, 1.54) is 12.1 Å². The Labute approximate surface area is 222 Å². The van der Waals surface area contributed by atoms with Gasteiger partial charge in [-0.05, 0) is 61.2 Å². The van der Waals surface area contributed by atoms with Gasteiger partial charge in [-0.3, -0.25) is 4.68 Å². The lowest BCUT2D eigenvalue weighted by Gasteiger charge is -2.25. The van der Waals surface area contributed by atoms with Gasteiger partial charge in [-0.15, -0.1) is 0 Å². The summed E-state index contributed by atoms with van der Waals surface area (Å²) in [5.74, 6) is 0.00817. The van der Waals surface area contributed by atoms with Crippen molar-refractivity contribution >= 4 is 37.9 Å². The Bertz CT molecular complexity index is 1580. The van der Waals surface area contributed by atoms with E-state index in [0.717, 1.165) is 57.9 Å². The zero-order chi connectivity index (χ0) is 27.1. The van der Waals surface area contributed by atoms with E-state index in [-0.39, 0.29) is 23.2 Å². The first-order chi connectivity index (χ1) is 18.1. The van der Waals surface area contributed by atoms with Gasteiger partial charge in [0.2, 0.25) is 0 Å². The summed E-state index contributed by atoms with van der Waals surface area (Å²) >= 11 is 0. The summed E-state index contributed by atoms with van der Waals surface area (Å²) in [6.07, 6.45) is 4.77. The number of sulfone groups is 1. The molecular weight excluding hydrogens is 505 g/mol. The van der Waals surface area contributed by atoms with E-state index in [1.54, 1.807) is 25.3 Å². The van der Waals surface area contributed by atoms with Crippen LogP contribution in [0.25, 0.3) is 27.5 Å². The molecule has 0 N–H and O–H groups in total. The number of carbonyl (C=O) groups is 1. The maximum atomic E-state index is 13.9. The van der Waals surface area contributed by atoms with E-state index in [1.807, 2.05) is 18.5 Å². The van der Waals surface area contributed by atoms with Crippen LogP contribution in [0.1, 0.15) is 50.8 Å². The number of carbonyl (C=O) groups excluding carboxylic acids is 1. The van der Waals surface area contributed by atoms with Gasteiger partial charge in [0.05, 0.1) is 29.5 Å². The minimum Gasteiger partial charge on any atom is -0.381 e. The monoisotopic (exact) mass is 539 g/mol. The van der Waals surface area contributed by atoms with Crippen LogP contribution in [0, 0.1) is 11.2 Å². The van der Waals surface area contributed by atoms with Crippen LogP contribution in [-0.2, 0) is 32.3 Å². The molecule has 0 amide bonds. The maximum Gasteiger partial charge on any atom is 0.150 e. The van der Waals surface area contributed by atoms with Crippen LogP contribution in [0.2, 0.25) is 0 Å². The number of ether oxygens (including phenoxy) is 1. The van der Waals surface area contributed by atoms with Crippen LogP contribution in [-0.4, -0.2) is 53.8 Å². The first-order valence-corrected chi connectivity index (χ1v) is 15.0. The predicted molar refractivity (Wildman–Crippen MR) is 147 cm³/mol. The zero-order valence-electron chi connectivity index (χ0n) is 22.1. The fourth-order valence-corrected chi connectivity index (χ4v) is 6.23. The number of benzene rings is 2. The van der Waals surface area contributed by atoms with E-state index < -0.39 is 15.3 Å². The van der Waals surface area contributed by atoms with Gasteiger partial charge >= 0.3 is 0 Å². The molecule has 9 heteroatoms. The van der Waals surface area contributed by atoms with Gasteiger partial charge in [0.25, 0.3) is 0 Å². The second-order valence-electron chi connectivity index (χ2n) is 10.9. The molecule has 2 aromatic carbocycles. The molecule has 7 nitrogen and oxygen atoms in total. The SMILES string of the molecule is CCS(=O)(=O)CCc1c(C2CCOCC2)n(-c2ccc(F)cc2)c2cc3cnn(CC(C)(C)C=O)c3cc12. The van der Waals surface area contributed by atoms with Crippen molar-refractivity contribution in [3.8, 4) is 5.69 Å². The number of hydrogen-bond acceptors (Lipinski definition) is 5. The summed E-state index contributed by atoms with van der Waals surface area (Å²) in [6.45, 7) is 7.13. The molecule has 38 heavy (non-hydrogen) atoms. The standard InChI is InChI=1S/C29H34FN3O4S/c1-4-38(35,36)14-11-24-25-16-26-21(17-31-32(26)18-29(2,3)19-34)15-27(25)33(23-7-5-22(30)6-8-23)28(24)20-9-12-37-13-10-20/h5-8,15-17,19-20H,4,9-14,18H2,1-3H3. The van der Waals surface area contributed by atoms with Gasteiger partial charge in [0.15, 0.2) is 0 Å². The summed E-state index contributed by atoms with van der Waals surface area (Å²) in [5.41, 5.74) is 4.14. The Morgan fingerprint density at radius 1 is 1.13 bits per heavy atom. The Kier molecular flexibility index (Phi) is 7.17. The van der Waals surface area contributed by atoms with Gasteiger partial charge in [-0.25, -0.2) is 12.8 Å². The lowest BCUT2D eigenvalue weighted by molar-refractivity contribution is -0.115. The maximum absolute atomic E-state index is 13.9. The number of fused-ring (bicyclic) bond motifs is 2. The minimum atomic E-state index is -3.20. The third kappa shape index (κ3) is 5.14. The Morgan fingerprint density at radius 2 is 1.84 bits per heavy atom. The number of hydrogen-bond donors (Lipinski definition) is 0. The van der Waals surface area contributed by atoms with Gasteiger partial charge in [-0.1, -0.05) is 20.8 Å². The van der Waals surface area contributed by atoms with Gasteiger partial charge < -0.3 is 14.1 Å². The van der Waals surface area contributed by atoms with Crippen LogP contribution in [0.15, 0.2) is 42.6 Å². The topological polar surface area (TPSA) is 83.2 Å². The Hall–Kier alpha value is -3.04. The van der Waals surface area contributed by atoms with Crippen LogP contribution in [0.3, 0.4) is 0 Å². The molecule has 0 bridgehead atoms. The lowest BCUT2D eigenvalue weighted by Crippen LogP contribution is -2.21. The summed E-state index contributed by atoms with van der Waals surface area (Å²) in [7, 11) is -3.20. The molecule has 4 aromatic rings. The van der Waals surface area contributed by atoms with Crippen molar-refractivity contribution in [2.45, 2.75) is 52.5 Å². The van der Waals surface area contributed by atoms with E-state index in [4.69, 9.17) is 4.74 Å². The number of aromatic nitrogens is 3. The van der Waals surface area contributed by atoms with Crippen molar-refractivity contribution < 1.29 is 22.3 Å². The van der Waals surface area contributed by atoms with E-state index >= 15 is 0 Å². The first-order valence-electron chi connectivity index (χ1n) is 13.2. The molecule has 202 valence electrons. The fraction of sp³-hybridized carbons (Fsp3) is 0.448. The van der Waals surface area contributed by atoms with Crippen molar-refractivity contribution in [3.63, 3.8) is 0 Å². The van der Waals surface area contributed by atoms with Crippen LogP contribution in [0.4, 0.5) is 4.39 Å². The second kappa shape index (κ2) is 10.3. The number of aldehydes is 1. The molecule has 1 fully saturated rings. The second-order valence-corrected chi connectivity index (χ2v) is 13.4. The molecule has 0 spiro atoms. The van der Waals surface area contributed by atoms with Crippen molar-refractivity contribution in [1.29, 1.82) is 0 Å². The highest BCUT2D eigenvalue weighted by Gasteiger charge is 2.29. The molecule has 5 rings (SSSR count).